The number of benzene rings is 1. The Labute approximate surface area is 144 Å². The van der Waals surface area contributed by atoms with Crippen LogP contribution in [0.15, 0.2) is 24.3 Å². The van der Waals surface area contributed by atoms with Crippen LogP contribution >= 0.6 is 0 Å². The largest absolute Gasteiger partial charge is 0.342 e. The van der Waals surface area contributed by atoms with E-state index in [1.807, 2.05) is 6.07 Å². The number of carbonyl (C=O) groups is 1. The van der Waals surface area contributed by atoms with Gasteiger partial charge in [-0.3, -0.25) is 9.69 Å². The van der Waals surface area contributed by atoms with E-state index in [2.05, 4.69) is 9.80 Å². The van der Waals surface area contributed by atoms with Crippen LogP contribution in [0.25, 0.3) is 0 Å². The predicted molar refractivity (Wildman–Crippen MR) is 94.3 cm³/mol. The van der Waals surface area contributed by atoms with Crippen LogP contribution in [-0.2, 0) is 11.2 Å². The molecule has 2 saturated heterocycles. The molecule has 0 saturated carbocycles. The Morgan fingerprint density at radius 1 is 1.04 bits per heavy atom. The lowest BCUT2D eigenvalue weighted by molar-refractivity contribution is -0.132. The van der Waals surface area contributed by atoms with Crippen LogP contribution in [-0.4, -0.2) is 48.4 Å². The normalized spacial score (nSPS) is 20.8. The number of carbonyl (C=O) groups excluding carboxylic acids is 1. The number of likely N-dealkylation sites (tertiary alicyclic amines) is 2. The van der Waals surface area contributed by atoms with Crippen LogP contribution in [0, 0.1) is 11.7 Å². The van der Waals surface area contributed by atoms with Gasteiger partial charge in [0.05, 0.1) is 6.54 Å². The molecule has 0 bridgehead atoms. The maximum absolute atomic E-state index is 13.3. The van der Waals surface area contributed by atoms with Gasteiger partial charge in [-0.2, -0.15) is 0 Å². The molecule has 1 amide bonds. The molecule has 132 valence electrons. The summed E-state index contributed by atoms with van der Waals surface area (Å²) in [6.07, 6.45) is 7.98. The summed E-state index contributed by atoms with van der Waals surface area (Å²) in [5.74, 6) is 0.768. The number of piperidine rings is 1. The van der Waals surface area contributed by atoms with Crippen molar-refractivity contribution in [2.24, 2.45) is 5.92 Å². The molecular formula is C20H29FN2O. The highest BCUT2D eigenvalue weighted by atomic mass is 19.1. The Bertz CT molecular complexity index is 532. The van der Waals surface area contributed by atoms with Gasteiger partial charge < -0.3 is 4.90 Å². The van der Waals surface area contributed by atoms with Gasteiger partial charge in [0, 0.05) is 13.1 Å². The molecule has 1 aromatic rings. The summed E-state index contributed by atoms with van der Waals surface area (Å²) >= 11 is 0. The summed E-state index contributed by atoms with van der Waals surface area (Å²) < 4.78 is 13.3. The van der Waals surface area contributed by atoms with Crippen LogP contribution in [0.1, 0.15) is 44.1 Å². The zero-order valence-electron chi connectivity index (χ0n) is 14.6. The average Bonchev–Trinajstić information content (AvgIpc) is 2.86. The third kappa shape index (κ3) is 5.04. The number of nitrogens with zero attached hydrogens (tertiary/aromatic N) is 2. The lowest BCUT2D eigenvalue weighted by Gasteiger charge is -2.33. The number of rotatable bonds is 4. The molecule has 0 atom stereocenters. The van der Waals surface area contributed by atoms with Crippen molar-refractivity contribution in [3.63, 3.8) is 0 Å². The molecule has 2 fully saturated rings. The van der Waals surface area contributed by atoms with Crippen LogP contribution in [0.5, 0.6) is 0 Å². The monoisotopic (exact) mass is 332 g/mol. The Kier molecular flexibility index (Phi) is 6.24. The SMILES string of the molecule is O=C(CN1CCC(Cc2cccc(F)c2)CC1)N1CCCCCC1. The van der Waals surface area contributed by atoms with Gasteiger partial charge in [-0.1, -0.05) is 25.0 Å². The molecular weight excluding hydrogens is 303 g/mol. The Hall–Kier alpha value is -1.42. The first-order valence-electron chi connectivity index (χ1n) is 9.45. The Balaban J connectivity index is 1.42. The van der Waals surface area contributed by atoms with Crippen molar-refractivity contribution in [1.82, 2.24) is 9.80 Å². The van der Waals surface area contributed by atoms with Crippen LogP contribution in [0.2, 0.25) is 0 Å². The first kappa shape index (κ1) is 17.4. The molecule has 0 radical (unpaired) electrons. The van der Waals surface area contributed by atoms with E-state index in [0.29, 0.717) is 18.4 Å². The maximum atomic E-state index is 13.3. The molecule has 3 rings (SSSR count). The number of halogens is 1. The van der Waals surface area contributed by atoms with Gasteiger partial charge in [0.15, 0.2) is 0 Å². The molecule has 2 heterocycles. The second kappa shape index (κ2) is 8.61. The minimum Gasteiger partial charge on any atom is -0.342 e. The highest BCUT2D eigenvalue weighted by molar-refractivity contribution is 5.78. The standard InChI is InChI=1S/C20H29FN2O/c21-19-7-5-6-18(15-19)14-17-8-12-22(13-9-17)16-20(24)23-10-3-1-2-4-11-23/h5-7,15,17H,1-4,8-14,16H2. The lowest BCUT2D eigenvalue weighted by Crippen LogP contribution is -2.44. The zero-order valence-corrected chi connectivity index (χ0v) is 14.6. The molecule has 0 spiro atoms. The van der Waals surface area contributed by atoms with E-state index in [1.54, 1.807) is 12.1 Å². The van der Waals surface area contributed by atoms with Gasteiger partial charge in [-0.05, 0) is 68.8 Å². The highest BCUT2D eigenvalue weighted by Crippen LogP contribution is 2.22. The van der Waals surface area contributed by atoms with E-state index in [-0.39, 0.29) is 5.82 Å². The smallest absolute Gasteiger partial charge is 0.236 e. The molecule has 24 heavy (non-hydrogen) atoms. The van der Waals surface area contributed by atoms with Crippen molar-refractivity contribution in [1.29, 1.82) is 0 Å². The Morgan fingerprint density at radius 3 is 2.42 bits per heavy atom. The minimum atomic E-state index is -0.145. The van der Waals surface area contributed by atoms with Crippen LogP contribution in [0.4, 0.5) is 4.39 Å². The van der Waals surface area contributed by atoms with E-state index in [4.69, 9.17) is 0 Å². The minimum absolute atomic E-state index is 0.145. The predicted octanol–water partition coefficient (Wildman–Crippen LogP) is 3.48. The first-order valence-corrected chi connectivity index (χ1v) is 9.45. The molecule has 0 aliphatic carbocycles. The lowest BCUT2D eigenvalue weighted by atomic mass is 9.90. The molecule has 0 N–H and O–H groups in total. The fourth-order valence-electron chi connectivity index (χ4n) is 3.96. The fraction of sp³-hybridized carbons (Fsp3) is 0.650. The average molecular weight is 332 g/mol. The summed E-state index contributed by atoms with van der Waals surface area (Å²) in [7, 11) is 0. The summed E-state index contributed by atoms with van der Waals surface area (Å²) in [6.45, 7) is 4.43. The van der Waals surface area contributed by atoms with E-state index < -0.39 is 0 Å². The molecule has 4 heteroatoms. The van der Waals surface area contributed by atoms with Gasteiger partial charge in [0.25, 0.3) is 0 Å². The zero-order chi connectivity index (χ0) is 16.8. The Morgan fingerprint density at radius 2 is 1.75 bits per heavy atom. The van der Waals surface area contributed by atoms with Gasteiger partial charge >= 0.3 is 0 Å². The second-order valence-electron chi connectivity index (χ2n) is 7.35. The van der Waals surface area contributed by atoms with Crippen molar-refractivity contribution >= 4 is 5.91 Å². The summed E-state index contributed by atoms with van der Waals surface area (Å²) in [4.78, 5) is 16.8. The van der Waals surface area contributed by atoms with Crippen molar-refractivity contribution < 1.29 is 9.18 Å². The van der Waals surface area contributed by atoms with Gasteiger partial charge in [-0.15, -0.1) is 0 Å². The van der Waals surface area contributed by atoms with E-state index in [0.717, 1.165) is 63.8 Å². The number of amides is 1. The number of hydrogen-bond donors (Lipinski definition) is 0. The van der Waals surface area contributed by atoms with Crippen molar-refractivity contribution in [2.45, 2.75) is 44.9 Å². The molecule has 2 aliphatic heterocycles. The van der Waals surface area contributed by atoms with Crippen LogP contribution in [0.3, 0.4) is 0 Å². The third-order valence-corrected chi connectivity index (χ3v) is 5.44. The molecule has 0 unspecified atom stereocenters. The molecule has 0 aromatic heterocycles. The molecule has 1 aromatic carbocycles. The quantitative estimate of drug-likeness (QED) is 0.843. The van der Waals surface area contributed by atoms with Crippen LogP contribution < -0.4 is 0 Å². The topological polar surface area (TPSA) is 23.6 Å². The summed E-state index contributed by atoms with van der Waals surface area (Å²) in [5.41, 5.74) is 1.09. The van der Waals surface area contributed by atoms with Gasteiger partial charge in [0.1, 0.15) is 5.82 Å². The summed E-state index contributed by atoms with van der Waals surface area (Å²) in [6, 6.07) is 6.95. The van der Waals surface area contributed by atoms with Crippen molar-refractivity contribution in [3.8, 4) is 0 Å². The van der Waals surface area contributed by atoms with Crippen molar-refractivity contribution in [3.05, 3.63) is 35.6 Å². The maximum Gasteiger partial charge on any atom is 0.236 e. The van der Waals surface area contributed by atoms with E-state index in [9.17, 15) is 9.18 Å². The third-order valence-electron chi connectivity index (χ3n) is 5.44. The number of hydrogen-bond acceptors (Lipinski definition) is 2. The molecule has 3 nitrogen and oxygen atoms in total. The van der Waals surface area contributed by atoms with E-state index in [1.165, 1.54) is 18.9 Å². The van der Waals surface area contributed by atoms with E-state index >= 15 is 0 Å². The van der Waals surface area contributed by atoms with Gasteiger partial charge in [-0.25, -0.2) is 4.39 Å². The summed E-state index contributed by atoms with van der Waals surface area (Å²) in [5, 5.41) is 0. The highest BCUT2D eigenvalue weighted by Gasteiger charge is 2.23. The fourth-order valence-corrected chi connectivity index (χ4v) is 3.96. The molecule has 2 aliphatic rings. The first-order chi connectivity index (χ1) is 11.7. The van der Waals surface area contributed by atoms with Crippen molar-refractivity contribution in [2.75, 3.05) is 32.7 Å². The second-order valence-corrected chi connectivity index (χ2v) is 7.35. The van der Waals surface area contributed by atoms with Gasteiger partial charge in [0.2, 0.25) is 5.91 Å².